The third kappa shape index (κ3) is 3.25. The van der Waals surface area contributed by atoms with E-state index >= 15 is 0 Å². The number of hydrogen-bond donors (Lipinski definition) is 1. The van der Waals surface area contributed by atoms with E-state index in [0.29, 0.717) is 29.8 Å². The number of aryl methyl sites for hydroxylation is 2. The SMILES string of the molecule is Cc1nn(CCC(=O)N[C@H](C)C23CC4CC(CC(C4)C2)C3)c(C)c1[N+](=O)[O-]. The predicted molar refractivity (Wildman–Crippen MR) is 101 cm³/mol. The molecule has 0 radical (unpaired) electrons. The molecule has 1 N–H and O–H groups in total. The summed E-state index contributed by atoms with van der Waals surface area (Å²) in [6.45, 7) is 5.88. The molecule has 4 fully saturated rings. The van der Waals surface area contributed by atoms with Gasteiger partial charge in [0.05, 0.1) is 11.5 Å². The van der Waals surface area contributed by atoms with Crippen molar-refractivity contribution in [3.8, 4) is 0 Å². The molecule has 7 heteroatoms. The van der Waals surface area contributed by atoms with Gasteiger partial charge in [-0.25, -0.2) is 0 Å². The minimum Gasteiger partial charge on any atom is -0.353 e. The van der Waals surface area contributed by atoms with Crippen LogP contribution < -0.4 is 5.32 Å². The van der Waals surface area contributed by atoms with Crippen LogP contribution in [0.2, 0.25) is 0 Å². The van der Waals surface area contributed by atoms with Crippen LogP contribution in [-0.2, 0) is 11.3 Å². The van der Waals surface area contributed by atoms with Crippen LogP contribution in [0.25, 0.3) is 0 Å². The summed E-state index contributed by atoms with van der Waals surface area (Å²) in [5.41, 5.74) is 1.26. The fraction of sp³-hybridized carbons (Fsp3) is 0.800. The lowest BCUT2D eigenvalue weighted by atomic mass is 9.48. The molecule has 0 aromatic carbocycles. The lowest BCUT2D eigenvalue weighted by molar-refractivity contribution is -0.386. The Kier molecular flexibility index (Phi) is 4.51. The molecule has 4 aliphatic carbocycles. The van der Waals surface area contributed by atoms with Crippen LogP contribution in [0.4, 0.5) is 5.69 Å². The van der Waals surface area contributed by atoms with E-state index < -0.39 is 4.92 Å². The van der Waals surface area contributed by atoms with Gasteiger partial charge in [-0.2, -0.15) is 5.10 Å². The highest BCUT2D eigenvalue weighted by Gasteiger charge is 2.53. The van der Waals surface area contributed by atoms with E-state index in [-0.39, 0.29) is 17.6 Å². The highest BCUT2D eigenvalue weighted by atomic mass is 16.6. The number of amides is 1. The molecule has 1 aromatic heterocycles. The highest BCUT2D eigenvalue weighted by Crippen LogP contribution is 2.61. The fourth-order valence-electron chi connectivity index (χ4n) is 6.55. The number of carbonyl (C=O) groups excluding carboxylic acids is 1. The van der Waals surface area contributed by atoms with Gasteiger partial charge in [-0.1, -0.05) is 0 Å². The van der Waals surface area contributed by atoms with Crippen LogP contribution in [0.15, 0.2) is 0 Å². The minimum absolute atomic E-state index is 0.0217. The normalized spacial score (nSPS) is 32.5. The van der Waals surface area contributed by atoms with Gasteiger partial charge in [0.25, 0.3) is 0 Å². The zero-order chi connectivity index (χ0) is 19.3. The van der Waals surface area contributed by atoms with Gasteiger partial charge in [0, 0.05) is 12.5 Å². The number of carbonyl (C=O) groups is 1. The molecule has 0 saturated heterocycles. The largest absolute Gasteiger partial charge is 0.353 e. The lowest BCUT2D eigenvalue weighted by Gasteiger charge is -2.59. The van der Waals surface area contributed by atoms with E-state index in [1.165, 1.54) is 38.5 Å². The van der Waals surface area contributed by atoms with Gasteiger partial charge < -0.3 is 5.32 Å². The molecular weight excluding hydrogens is 344 g/mol. The van der Waals surface area contributed by atoms with Crippen molar-refractivity contribution >= 4 is 11.6 Å². The zero-order valence-corrected chi connectivity index (χ0v) is 16.5. The number of nitro groups is 1. The van der Waals surface area contributed by atoms with E-state index in [1.54, 1.807) is 18.5 Å². The van der Waals surface area contributed by atoms with Crippen LogP contribution in [0.5, 0.6) is 0 Å². The van der Waals surface area contributed by atoms with Crippen LogP contribution in [-0.4, -0.2) is 26.7 Å². The summed E-state index contributed by atoms with van der Waals surface area (Å²) < 4.78 is 1.59. The molecule has 27 heavy (non-hydrogen) atoms. The molecule has 0 aliphatic heterocycles. The Morgan fingerprint density at radius 3 is 2.30 bits per heavy atom. The van der Waals surface area contributed by atoms with Crippen LogP contribution >= 0.6 is 0 Å². The number of hydrogen-bond acceptors (Lipinski definition) is 4. The second-order valence-electron chi connectivity index (χ2n) is 9.32. The third-order valence-corrected chi connectivity index (χ3v) is 7.46. The first kappa shape index (κ1) is 18.4. The van der Waals surface area contributed by atoms with Gasteiger partial charge in [0.15, 0.2) is 0 Å². The van der Waals surface area contributed by atoms with Gasteiger partial charge in [-0.3, -0.25) is 19.6 Å². The molecule has 4 saturated carbocycles. The van der Waals surface area contributed by atoms with E-state index in [0.717, 1.165) is 17.8 Å². The molecule has 5 rings (SSSR count). The highest BCUT2D eigenvalue weighted by molar-refractivity contribution is 5.76. The van der Waals surface area contributed by atoms with E-state index in [2.05, 4.69) is 17.3 Å². The summed E-state index contributed by atoms with van der Waals surface area (Å²) in [5.74, 6) is 2.62. The Morgan fingerprint density at radius 2 is 1.81 bits per heavy atom. The Morgan fingerprint density at radius 1 is 1.26 bits per heavy atom. The summed E-state index contributed by atoms with van der Waals surface area (Å²) in [7, 11) is 0. The Hall–Kier alpha value is -1.92. The number of rotatable bonds is 6. The van der Waals surface area contributed by atoms with Gasteiger partial charge in [0.2, 0.25) is 5.91 Å². The average Bonchev–Trinajstić information content (AvgIpc) is 2.85. The van der Waals surface area contributed by atoms with E-state index in [4.69, 9.17) is 0 Å². The summed E-state index contributed by atoms with van der Waals surface area (Å²) in [5, 5.41) is 18.6. The maximum absolute atomic E-state index is 12.6. The molecular formula is C20H30N4O3. The second kappa shape index (κ2) is 6.60. The molecule has 1 heterocycles. The fourth-order valence-corrected chi connectivity index (χ4v) is 6.55. The molecule has 7 nitrogen and oxygen atoms in total. The number of nitrogens with one attached hydrogen (secondary N) is 1. The minimum atomic E-state index is -0.399. The quantitative estimate of drug-likeness (QED) is 0.609. The van der Waals surface area contributed by atoms with Crippen molar-refractivity contribution < 1.29 is 9.72 Å². The predicted octanol–water partition coefficient (Wildman–Crippen LogP) is 3.52. The van der Waals surface area contributed by atoms with Crippen molar-refractivity contribution in [2.75, 3.05) is 0 Å². The maximum atomic E-state index is 12.6. The maximum Gasteiger partial charge on any atom is 0.312 e. The van der Waals surface area contributed by atoms with Crippen molar-refractivity contribution in [3.63, 3.8) is 0 Å². The smallest absolute Gasteiger partial charge is 0.312 e. The Balaban J connectivity index is 1.36. The van der Waals surface area contributed by atoms with Crippen LogP contribution in [0.3, 0.4) is 0 Å². The molecule has 1 amide bonds. The lowest BCUT2D eigenvalue weighted by Crippen LogP contribution is -2.55. The van der Waals surface area contributed by atoms with Crippen molar-refractivity contribution in [2.24, 2.45) is 23.2 Å². The van der Waals surface area contributed by atoms with E-state index in [1.807, 2.05) is 0 Å². The topological polar surface area (TPSA) is 90.1 Å². The van der Waals surface area contributed by atoms with Gasteiger partial charge >= 0.3 is 5.69 Å². The monoisotopic (exact) mass is 374 g/mol. The van der Waals surface area contributed by atoms with E-state index in [9.17, 15) is 14.9 Å². The van der Waals surface area contributed by atoms with Gasteiger partial charge in [-0.05, 0) is 82.5 Å². The summed E-state index contributed by atoms with van der Waals surface area (Å²) in [6, 6.07) is 0.202. The zero-order valence-electron chi connectivity index (χ0n) is 16.5. The van der Waals surface area contributed by atoms with Crippen LogP contribution in [0, 0.1) is 47.1 Å². The molecule has 0 unspecified atom stereocenters. The summed E-state index contributed by atoms with van der Waals surface area (Å²) >= 11 is 0. The first-order valence-electron chi connectivity index (χ1n) is 10.2. The standard InChI is InChI=1S/C20H30N4O3/c1-12-19(24(26)27)13(2)23(22-12)5-4-18(25)21-14(3)20-9-15-6-16(10-20)8-17(7-15)11-20/h14-17H,4-11H2,1-3H3,(H,21,25)/t14-,15?,16?,17?,20?/m1/s1. The first-order valence-corrected chi connectivity index (χ1v) is 10.2. The Labute approximate surface area is 160 Å². The Bertz CT molecular complexity index is 734. The van der Waals surface area contributed by atoms with Crippen molar-refractivity contribution in [1.29, 1.82) is 0 Å². The molecule has 1 aromatic rings. The summed E-state index contributed by atoms with van der Waals surface area (Å²) in [6.07, 6.45) is 8.30. The molecule has 0 spiro atoms. The second-order valence-corrected chi connectivity index (χ2v) is 9.32. The summed E-state index contributed by atoms with van der Waals surface area (Å²) in [4.78, 5) is 23.3. The molecule has 148 valence electrons. The van der Waals surface area contributed by atoms with Crippen molar-refractivity contribution in [2.45, 2.75) is 78.3 Å². The first-order chi connectivity index (χ1) is 12.8. The van der Waals surface area contributed by atoms with Gasteiger partial charge in [-0.15, -0.1) is 0 Å². The van der Waals surface area contributed by atoms with Gasteiger partial charge in [0.1, 0.15) is 11.4 Å². The molecule has 1 atom stereocenters. The number of nitrogens with zero attached hydrogens (tertiary/aromatic N) is 3. The van der Waals surface area contributed by atoms with Crippen molar-refractivity contribution in [1.82, 2.24) is 15.1 Å². The average molecular weight is 374 g/mol. The molecule has 4 bridgehead atoms. The third-order valence-electron chi connectivity index (χ3n) is 7.46. The molecule has 4 aliphatic rings. The van der Waals surface area contributed by atoms with Crippen LogP contribution in [0.1, 0.15) is 63.3 Å². The van der Waals surface area contributed by atoms with Crippen molar-refractivity contribution in [3.05, 3.63) is 21.5 Å². The number of aromatic nitrogens is 2.